The summed E-state index contributed by atoms with van der Waals surface area (Å²) in [5, 5.41) is 4.29. The van der Waals surface area contributed by atoms with Crippen LogP contribution in [0.25, 0.3) is 15.9 Å². The summed E-state index contributed by atoms with van der Waals surface area (Å²) in [6.45, 7) is 8.36. The minimum atomic E-state index is -0.121. The monoisotopic (exact) mass is 517 g/mol. The predicted octanol–water partition coefficient (Wildman–Crippen LogP) is 6.80. The lowest BCUT2D eigenvalue weighted by atomic mass is 9.97. The molecule has 0 saturated carbocycles. The van der Waals surface area contributed by atoms with Gasteiger partial charge in [-0.1, -0.05) is 43.8 Å². The van der Waals surface area contributed by atoms with Crippen LogP contribution in [0.5, 0.6) is 0 Å². The van der Waals surface area contributed by atoms with Crippen LogP contribution < -0.4 is 10.9 Å². The SMILES string of the molecule is Cc1cc(C)cc(-n2c(SCC(=O)Nc3ccc(C(C)C)cc3)nc3sc4c(c3c2=O)CCCC4)c1. The molecular weight excluding hydrogens is 486 g/mol. The molecule has 2 heterocycles. The summed E-state index contributed by atoms with van der Waals surface area (Å²) in [6.07, 6.45) is 4.21. The predicted molar refractivity (Wildman–Crippen MR) is 151 cm³/mol. The van der Waals surface area contributed by atoms with Gasteiger partial charge < -0.3 is 5.32 Å². The molecule has 7 heteroatoms. The lowest BCUT2D eigenvalue weighted by molar-refractivity contribution is -0.113. The van der Waals surface area contributed by atoms with Crippen molar-refractivity contribution in [2.45, 2.75) is 64.5 Å². The number of amides is 1. The van der Waals surface area contributed by atoms with Crippen LogP contribution in [0, 0.1) is 13.8 Å². The molecule has 2 aromatic heterocycles. The Bertz CT molecular complexity index is 1480. The number of hydrogen-bond donors (Lipinski definition) is 1. The van der Waals surface area contributed by atoms with E-state index in [0.29, 0.717) is 11.1 Å². The average Bonchev–Trinajstić information content (AvgIpc) is 3.21. The molecule has 0 spiro atoms. The van der Waals surface area contributed by atoms with Crippen molar-refractivity contribution in [2.75, 3.05) is 11.1 Å². The number of fused-ring (bicyclic) bond motifs is 3. The molecule has 186 valence electrons. The van der Waals surface area contributed by atoms with Crippen molar-refractivity contribution in [3.8, 4) is 5.69 Å². The normalized spacial score (nSPS) is 13.2. The number of rotatable bonds is 6. The fraction of sp³-hybridized carbons (Fsp3) is 0.345. The highest BCUT2D eigenvalue weighted by Gasteiger charge is 2.23. The van der Waals surface area contributed by atoms with E-state index in [1.807, 2.05) is 50.2 Å². The number of carbonyl (C=O) groups is 1. The smallest absolute Gasteiger partial charge is 0.267 e. The van der Waals surface area contributed by atoms with E-state index in [0.717, 1.165) is 58.4 Å². The molecule has 5 nitrogen and oxygen atoms in total. The Balaban J connectivity index is 1.49. The molecule has 0 radical (unpaired) electrons. The number of carbonyl (C=O) groups excluding carboxylic acids is 1. The fourth-order valence-corrected chi connectivity index (χ4v) is 6.98. The van der Waals surface area contributed by atoms with E-state index >= 15 is 0 Å². The first kappa shape index (κ1) is 24.8. The maximum absolute atomic E-state index is 13.9. The fourth-order valence-electron chi connectivity index (χ4n) is 4.87. The zero-order chi connectivity index (χ0) is 25.4. The third-order valence-electron chi connectivity index (χ3n) is 6.62. The van der Waals surface area contributed by atoms with E-state index < -0.39 is 0 Å². The minimum Gasteiger partial charge on any atom is -0.325 e. The van der Waals surface area contributed by atoms with E-state index in [4.69, 9.17) is 4.98 Å². The zero-order valence-electron chi connectivity index (χ0n) is 21.2. The second-order valence-electron chi connectivity index (χ2n) is 9.89. The van der Waals surface area contributed by atoms with Crippen LogP contribution in [0.1, 0.15) is 59.7 Å². The Hall–Kier alpha value is -2.90. The number of benzene rings is 2. The van der Waals surface area contributed by atoms with Crippen molar-refractivity contribution in [1.82, 2.24) is 9.55 Å². The number of aryl methyl sites for hydroxylation is 4. The molecule has 0 saturated heterocycles. The molecule has 0 aliphatic heterocycles. The number of hydrogen-bond acceptors (Lipinski definition) is 5. The summed E-state index contributed by atoms with van der Waals surface area (Å²) < 4.78 is 1.71. The van der Waals surface area contributed by atoms with Crippen LogP contribution >= 0.6 is 23.1 Å². The number of aromatic nitrogens is 2. The molecule has 0 bridgehead atoms. The number of anilines is 1. The maximum atomic E-state index is 13.9. The van der Waals surface area contributed by atoms with Crippen LogP contribution in [-0.4, -0.2) is 21.2 Å². The summed E-state index contributed by atoms with van der Waals surface area (Å²) in [7, 11) is 0. The Morgan fingerprint density at radius 2 is 1.78 bits per heavy atom. The van der Waals surface area contributed by atoms with Crippen molar-refractivity contribution >= 4 is 44.9 Å². The molecule has 1 N–H and O–H groups in total. The molecule has 1 amide bonds. The third kappa shape index (κ3) is 5.00. The first-order valence-electron chi connectivity index (χ1n) is 12.5. The highest BCUT2D eigenvalue weighted by Crippen LogP contribution is 2.35. The van der Waals surface area contributed by atoms with E-state index in [2.05, 4.69) is 25.2 Å². The van der Waals surface area contributed by atoms with Gasteiger partial charge in [-0.25, -0.2) is 4.98 Å². The summed E-state index contributed by atoms with van der Waals surface area (Å²) >= 11 is 2.95. The quantitative estimate of drug-likeness (QED) is 0.226. The van der Waals surface area contributed by atoms with Crippen LogP contribution in [0.3, 0.4) is 0 Å². The molecule has 36 heavy (non-hydrogen) atoms. The second-order valence-corrected chi connectivity index (χ2v) is 11.9. The van der Waals surface area contributed by atoms with Gasteiger partial charge in [0.1, 0.15) is 4.83 Å². The number of nitrogens with one attached hydrogen (secondary N) is 1. The van der Waals surface area contributed by atoms with Gasteiger partial charge in [0.05, 0.1) is 16.8 Å². The molecule has 2 aromatic carbocycles. The highest BCUT2D eigenvalue weighted by atomic mass is 32.2. The van der Waals surface area contributed by atoms with E-state index in [1.54, 1.807) is 15.9 Å². The van der Waals surface area contributed by atoms with Crippen molar-refractivity contribution in [3.63, 3.8) is 0 Å². The largest absolute Gasteiger partial charge is 0.325 e. The third-order valence-corrected chi connectivity index (χ3v) is 8.74. The molecular formula is C29H31N3O2S2. The Morgan fingerprint density at radius 1 is 1.08 bits per heavy atom. The van der Waals surface area contributed by atoms with Gasteiger partial charge in [-0.15, -0.1) is 11.3 Å². The molecule has 0 fully saturated rings. The van der Waals surface area contributed by atoms with Gasteiger partial charge in [0.15, 0.2) is 5.16 Å². The van der Waals surface area contributed by atoms with Gasteiger partial charge >= 0.3 is 0 Å². The van der Waals surface area contributed by atoms with E-state index in [9.17, 15) is 9.59 Å². The Kier molecular flexibility index (Phi) is 7.04. The van der Waals surface area contributed by atoms with Crippen LogP contribution in [0.2, 0.25) is 0 Å². The van der Waals surface area contributed by atoms with Crippen molar-refractivity contribution in [3.05, 3.63) is 79.9 Å². The molecule has 1 aliphatic carbocycles. The van der Waals surface area contributed by atoms with Crippen molar-refractivity contribution < 1.29 is 4.79 Å². The van der Waals surface area contributed by atoms with Crippen LogP contribution in [0.4, 0.5) is 5.69 Å². The second kappa shape index (κ2) is 10.2. The number of thioether (sulfide) groups is 1. The minimum absolute atomic E-state index is 0.0309. The van der Waals surface area contributed by atoms with E-state index in [-0.39, 0.29) is 17.2 Å². The Labute approximate surface area is 220 Å². The van der Waals surface area contributed by atoms with Gasteiger partial charge in [-0.2, -0.15) is 0 Å². The summed E-state index contributed by atoms with van der Waals surface area (Å²) in [6, 6.07) is 14.1. The molecule has 1 aliphatic rings. The van der Waals surface area contributed by atoms with Crippen LogP contribution in [-0.2, 0) is 17.6 Å². The summed E-state index contributed by atoms with van der Waals surface area (Å²) in [5.41, 5.74) is 6.12. The number of thiophene rings is 1. The topological polar surface area (TPSA) is 64.0 Å². The lowest BCUT2D eigenvalue weighted by Crippen LogP contribution is -2.23. The van der Waals surface area contributed by atoms with Gasteiger partial charge in [-0.3, -0.25) is 14.2 Å². The maximum Gasteiger partial charge on any atom is 0.267 e. The molecule has 0 unspecified atom stereocenters. The lowest BCUT2D eigenvalue weighted by Gasteiger charge is -2.15. The highest BCUT2D eigenvalue weighted by molar-refractivity contribution is 7.99. The molecule has 0 atom stereocenters. The van der Waals surface area contributed by atoms with Crippen molar-refractivity contribution in [1.29, 1.82) is 0 Å². The van der Waals surface area contributed by atoms with Gasteiger partial charge in [0.25, 0.3) is 5.56 Å². The molecule has 5 rings (SSSR count). The van der Waals surface area contributed by atoms with Gasteiger partial charge in [0, 0.05) is 10.6 Å². The summed E-state index contributed by atoms with van der Waals surface area (Å²) in [5.74, 6) is 0.486. The summed E-state index contributed by atoms with van der Waals surface area (Å²) in [4.78, 5) is 33.8. The first-order valence-corrected chi connectivity index (χ1v) is 14.3. The average molecular weight is 518 g/mol. The standard InChI is InChI=1S/C29H31N3O2S2/c1-17(2)20-9-11-21(12-10-20)30-25(33)16-35-29-31-27-26(23-7-5-6-8-24(23)36-27)28(34)32(29)22-14-18(3)13-19(4)15-22/h9-15,17H,5-8,16H2,1-4H3,(H,30,33). The van der Waals surface area contributed by atoms with E-state index in [1.165, 1.54) is 27.8 Å². The molecule has 4 aromatic rings. The van der Waals surface area contributed by atoms with Crippen molar-refractivity contribution in [2.24, 2.45) is 0 Å². The first-order chi connectivity index (χ1) is 17.3. The van der Waals surface area contributed by atoms with Crippen LogP contribution in [0.15, 0.2) is 52.4 Å². The zero-order valence-corrected chi connectivity index (χ0v) is 22.8. The van der Waals surface area contributed by atoms with Gasteiger partial charge in [0.2, 0.25) is 5.91 Å². The van der Waals surface area contributed by atoms with Gasteiger partial charge in [-0.05, 0) is 92.0 Å². The Morgan fingerprint density at radius 3 is 2.47 bits per heavy atom. The number of nitrogens with zero attached hydrogens (tertiary/aromatic N) is 2.